The number of piperidine rings is 1. The van der Waals surface area contributed by atoms with E-state index in [4.69, 9.17) is 5.73 Å². The lowest BCUT2D eigenvalue weighted by Crippen LogP contribution is -2.44. The summed E-state index contributed by atoms with van der Waals surface area (Å²) in [6, 6.07) is 7.66. The third-order valence-corrected chi connectivity index (χ3v) is 5.43. The topological polar surface area (TPSA) is 46.3 Å². The number of carbonyl (C=O) groups is 1. The number of nitrogens with two attached hydrogens (primary N) is 1. The van der Waals surface area contributed by atoms with Gasteiger partial charge in [-0.15, -0.1) is 12.4 Å². The van der Waals surface area contributed by atoms with Crippen LogP contribution in [-0.4, -0.2) is 23.9 Å². The van der Waals surface area contributed by atoms with Crippen LogP contribution in [0.15, 0.2) is 24.3 Å². The number of benzene rings is 1. The number of likely N-dealkylation sites (tertiary alicyclic amines) is 1. The second-order valence-electron chi connectivity index (χ2n) is 6.86. The smallest absolute Gasteiger partial charge is 0.226 e. The summed E-state index contributed by atoms with van der Waals surface area (Å²) in [5.74, 6) is 0.269. The van der Waals surface area contributed by atoms with E-state index >= 15 is 0 Å². The summed E-state index contributed by atoms with van der Waals surface area (Å²) in [4.78, 5) is 14.5. The third-order valence-electron chi connectivity index (χ3n) is 5.43. The predicted octanol–water partition coefficient (Wildman–Crippen LogP) is 3.81. The molecule has 4 heteroatoms. The molecular formula is C18H27ClN2O. The van der Waals surface area contributed by atoms with Crippen LogP contribution in [0.3, 0.4) is 0 Å². The second-order valence-corrected chi connectivity index (χ2v) is 6.86. The minimum absolute atomic E-state index is 0. The van der Waals surface area contributed by atoms with Gasteiger partial charge in [-0.3, -0.25) is 4.79 Å². The average Bonchev–Trinajstić information content (AvgIpc) is 2.51. The fourth-order valence-electron chi connectivity index (χ4n) is 3.95. The minimum atomic E-state index is 0. The van der Waals surface area contributed by atoms with Crippen LogP contribution in [0, 0.1) is 5.41 Å². The Morgan fingerprint density at radius 2 is 1.59 bits per heavy atom. The van der Waals surface area contributed by atoms with Crippen molar-refractivity contribution in [2.45, 2.75) is 51.4 Å². The van der Waals surface area contributed by atoms with E-state index in [9.17, 15) is 4.79 Å². The molecule has 1 aromatic carbocycles. The van der Waals surface area contributed by atoms with Crippen LogP contribution in [0.25, 0.3) is 0 Å². The largest absolute Gasteiger partial charge is 0.399 e. The highest BCUT2D eigenvalue weighted by Crippen LogP contribution is 2.44. The molecule has 2 aliphatic rings. The molecule has 22 heavy (non-hydrogen) atoms. The van der Waals surface area contributed by atoms with Gasteiger partial charge < -0.3 is 10.6 Å². The van der Waals surface area contributed by atoms with E-state index < -0.39 is 0 Å². The summed E-state index contributed by atoms with van der Waals surface area (Å²) in [5, 5.41) is 0. The van der Waals surface area contributed by atoms with Gasteiger partial charge in [-0.25, -0.2) is 0 Å². The third kappa shape index (κ3) is 3.95. The molecule has 0 atom stereocenters. The molecule has 0 bridgehead atoms. The highest BCUT2D eigenvalue weighted by molar-refractivity contribution is 5.85. The Hall–Kier alpha value is -1.22. The van der Waals surface area contributed by atoms with Crippen LogP contribution in [0.5, 0.6) is 0 Å². The first kappa shape index (κ1) is 17.1. The molecule has 2 N–H and O–H groups in total. The van der Waals surface area contributed by atoms with Gasteiger partial charge in [0.2, 0.25) is 5.91 Å². The highest BCUT2D eigenvalue weighted by atomic mass is 35.5. The van der Waals surface area contributed by atoms with Gasteiger partial charge in [0.05, 0.1) is 6.42 Å². The Labute approximate surface area is 139 Å². The first-order valence-electron chi connectivity index (χ1n) is 8.29. The Morgan fingerprint density at radius 3 is 2.18 bits per heavy atom. The second kappa shape index (κ2) is 7.36. The number of amides is 1. The molecule has 1 aliphatic carbocycles. The van der Waals surface area contributed by atoms with Gasteiger partial charge in [0.25, 0.3) is 0 Å². The molecule has 1 heterocycles. The molecule has 0 aromatic heterocycles. The van der Waals surface area contributed by atoms with Crippen molar-refractivity contribution in [1.29, 1.82) is 0 Å². The predicted molar refractivity (Wildman–Crippen MR) is 93.1 cm³/mol. The van der Waals surface area contributed by atoms with E-state index in [0.717, 1.165) is 24.3 Å². The molecule has 1 saturated carbocycles. The zero-order valence-corrected chi connectivity index (χ0v) is 14.0. The van der Waals surface area contributed by atoms with Crippen LogP contribution < -0.4 is 5.73 Å². The molecule has 122 valence electrons. The van der Waals surface area contributed by atoms with Gasteiger partial charge in [0, 0.05) is 18.8 Å². The molecule has 1 spiro atoms. The summed E-state index contributed by atoms with van der Waals surface area (Å²) >= 11 is 0. The minimum Gasteiger partial charge on any atom is -0.399 e. The van der Waals surface area contributed by atoms with Gasteiger partial charge in [0.15, 0.2) is 0 Å². The molecule has 0 radical (unpaired) electrons. The Balaban J connectivity index is 0.00000176. The fourth-order valence-corrected chi connectivity index (χ4v) is 3.95. The molecule has 1 aromatic rings. The van der Waals surface area contributed by atoms with Crippen molar-refractivity contribution in [1.82, 2.24) is 4.90 Å². The number of anilines is 1. The number of nitrogen functional groups attached to an aromatic ring is 1. The molecule has 3 nitrogen and oxygen atoms in total. The van der Waals surface area contributed by atoms with Crippen LogP contribution in [0.4, 0.5) is 5.69 Å². The maximum atomic E-state index is 12.4. The molecular weight excluding hydrogens is 296 g/mol. The number of rotatable bonds is 2. The van der Waals surface area contributed by atoms with Gasteiger partial charge in [-0.05, 0) is 48.8 Å². The van der Waals surface area contributed by atoms with E-state index in [1.807, 2.05) is 24.3 Å². The summed E-state index contributed by atoms with van der Waals surface area (Å²) in [6.45, 7) is 1.90. The van der Waals surface area contributed by atoms with Gasteiger partial charge in [-0.2, -0.15) is 0 Å². The lowest BCUT2D eigenvalue weighted by atomic mass is 9.68. The summed E-state index contributed by atoms with van der Waals surface area (Å²) in [6.07, 6.45) is 9.87. The van der Waals surface area contributed by atoms with E-state index in [0.29, 0.717) is 11.8 Å². The maximum absolute atomic E-state index is 12.4. The number of hydrogen-bond acceptors (Lipinski definition) is 2. The number of carbonyl (C=O) groups excluding carboxylic acids is 1. The number of halogens is 1. The van der Waals surface area contributed by atoms with E-state index in [2.05, 4.69) is 4.90 Å². The number of nitrogens with zero attached hydrogens (tertiary/aromatic N) is 1. The van der Waals surface area contributed by atoms with Crippen molar-refractivity contribution in [2.75, 3.05) is 18.8 Å². The van der Waals surface area contributed by atoms with E-state index in [-0.39, 0.29) is 18.3 Å². The van der Waals surface area contributed by atoms with Crippen molar-refractivity contribution in [3.63, 3.8) is 0 Å². The summed E-state index contributed by atoms with van der Waals surface area (Å²) in [7, 11) is 0. The van der Waals surface area contributed by atoms with Gasteiger partial charge in [0.1, 0.15) is 0 Å². The van der Waals surface area contributed by atoms with E-state index in [1.165, 1.54) is 44.9 Å². The summed E-state index contributed by atoms with van der Waals surface area (Å²) < 4.78 is 0. The van der Waals surface area contributed by atoms with Crippen molar-refractivity contribution < 1.29 is 4.79 Å². The first-order chi connectivity index (χ1) is 10.2. The quantitative estimate of drug-likeness (QED) is 0.842. The zero-order chi connectivity index (χ0) is 14.7. The molecule has 1 saturated heterocycles. The molecule has 1 amide bonds. The number of hydrogen-bond donors (Lipinski definition) is 1. The van der Waals surface area contributed by atoms with Crippen molar-refractivity contribution in [3.8, 4) is 0 Å². The van der Waals surface area contributed by atoms with Gasteiger partial charge in [-0.1, -0.05) is 31.4 Å². The Morgan fingerprint density at radius 1 is 1.00 bits per heavy atom. The SMILES string of the molecule is Cl.Nc1ccc(CC(=O)N2CCC3(CCCCC3)CC2)cc1. The molecule has 2 fully saturated rings. The van der Waals surface area contributed by atoms with Crippen molar-refractivity contribution >= 4 is 24.0 Å². The Kier molecular flexibility index (Phi) is 5.74. The summed E-state index contributed by atoms with van der Waals surface area (Å²) in [5.41, 5.74) is 8.07. The lowest BCUT2D eigenvalue weighted by molar-refractivity contribution is -0.133. The van der Waals surface area contributed by atoms with Crippen LogP contribution in [0.1, 0.15) is 50.5 Å². The van der Waals surface area contributed by atoms with Crippen LogP contribution >= 0.6 is 12.4 Å². The molecule has 0 unspecified atom stereocenters. The standard InChI is InChI=1S/C18H26N2O.ClH/c19-16-6-4-15(5-7-16)14-17(21)20-12-10-18(11-13-20)8-2-1-3-9-18;/h4-7H,1-3,8-14,19H2;1H. The van der Waals surface area contributed by atoms with Crippen molar-refractivity contribution in [2.24, 2.45) is 5.41 Å². The Bertz CT molecular complexity index is 484. The normalized spacial score (nSPS) is 20.5. The van der Waals surface area contributed by atoms with Crippen LogP contribution in [-0.2, 0) is 11.2 Å². The molecule has 1 aliphatic heterocycles. The average molecular weight is 323 g/mol. The highest BCUT2D eigenvalue weighted by Gasteiger charge is 2.36. The van der Waals surface area contributed by atoms with Crippen molar-refractivity contribution in [3.05, 3.63) is 29.8 Å². The maximum Gasteiger partial charge on any atom is 0.226 e. The monoisotopic (exact) mass is 322 g/mol. The van der Waals surface area contributed by atoms with Crippen LogP contribution in [0.2, 0.25) is 0 Å². The fraction of sp³-hybridized carbons (Fsp3) is 0.611. The zero-order valence-electron chi connectivity index (χ0n) is 13.2. The van der Waals surface area contributed by atoms with Gasteiger partial charge >= 0.3 is 0 Å². The van der Waals surface area contributed by atoms with E-state index in [1.54, 1.807) is 0 Å². The lowest BCUT2D eigenvalue weighted by Gasteiger charge is -2.44. The first-order valence-corrected chi connectivity index (χ1v) is 8.29. The molecule has 3 rings (SSSR count).